The average molecular weight is 237 g/mol. The Morgan fingerprint density at radius 1 is 1.12 bits per heavy atom. The Bertz CT molecular complexity index is 382. The molecule has 1 rings (SSSR count). The number of ether oxygens (including phenoxy) is 1. The van der Waals surface area contributed by atoms with Gasteiger partial charge < -0.3 is 19.7 Å². The van der Waals surface area contributed by atoms with Crippen LogP contribution >= 0.6 is 0 Å². The van der Waals surface area contributed by atoms with Crippen LogP contribution in [0.25, 0.3) is 0 Å². The molecule has 0 heterocycles. The molecule has 1 aromatic rings. The van der Waals surface area contributed by atoms with Gasteiger partial charge in [-0.15, -0.1) is 0 Å². The van der Waals surface area contributed by atoms with Gasteiger partial charge in [-0.05, 0) is 30.5 Å². The molecular weight excluding hydrogens is 224 g/mol. The van der Waals surface area contributed by atoms with E-state index in [1.165, 1.54) is 24.3 Å². The molecule has 0 amide bonds. The van der Waals surface area contributed by atoms with E-state index in [-0.39, 0.29) is 18.8 Å². The zero-order valence-electron chi connectivity index (χ0n) is 9.22. The monoisotopic (exact) mass is 237 g/mol. The lowest BCUT2D eigenvalue weighted by molar-refractivity contribution is -0.255. The van der Waals surface area contributed by atoms with Crippen LogP contribution in [-0.4, -0.2) is 30.3 Å². The van der Waals surface area contributed by atoms with Gasteiger partial charge in [0.2, 0.25) is 0 Å². The lowest BCUT2D eigenvalue weighted by Crippen LogP contribution is -2.22. The van der Waals surface area contributed by atoms with E-state index in [9.17, 15) is 14.7 Å². The van der Waals surface area contributed by atoms with Gasteiger partial charge in [0.25, 0.3) is 0 Å². The number of carboxylic acid groups (broad SMARTS) is 1. The highest BCUT2D eigenvalue weighted by molar-refractivity contribution is 5.91. The maximum Gasteiger partial charge on any atom is 0.338 e. The highest BCUT2D eigenvalue weighted by atomic mass is 16.5. The minimum Gasteiger partial charge on any atom is -0.545 e. The summed E-state index contributed by atoms with van der Waals surface area (Å²) >= 11 is 0. The van der Waals surface area contributed by atoms with Crippen LogP contribution in [0.1, 0.15) is 33.6 Å². The molecule has 0 atom stereocenters. The van der Waals surface area contributed by atoms with Crippen molar-refractivity contribution in [2.75, 3.05) is 13.2 Å². The van der Waals surface area contributed by atoms with Crippen molar-refractivity contribution >= 4 is 11.9 Å². The third kappa shape index (κ3) is 4.24. The molecule has 17 heavy (non-hydrogen) atoms. The second kappa shape index (κ2) is 6.65. The van der Waals surface area contributed by atoms with Crippen LogP contribution in [0.5, 0.6) is 0 Å². The normalized spacial score (nSPS) is 9.94. The molecule has 0 saturated carbocycles. The SMILES string of the molecule is O=C([O-])c1ccc(C(=O)OCCCCO)cc1. The number of aliphatic hydroxyl groups is 1. The maximum atomic E-state index is 11.4. The first-order valence-corrected chi connectivity index (χ1v) is 5.24. The Morgan fingerprint density at radius 3 is 2.24 bits per heavy atom. The first kappa shape index (κ1) is 13.2. The van der Waals surface area contributed by atoms with Gasteiger partial charge in [-0.25, -0.2) is 4.79 Å². The summed E-state index contributed by atoms with van der Waals surface area (Å²) in [5, 5.41) is 19.0. The molecular formula is C12H13O5-. The molecule has 0 aliphatic carbocycles. The average Bonchev–Trinajstić information content (AvgIpc) is 2.34. The number of hydrogen-bond donors (Lipinski definition) is 1. The minimum atomic E-state index is -1.28. The summed E-state index contributed by atoms with van der Waals surface area (Å²) < 4.78 is 4.92. The van der Waals surface area contributed by atoms with E-state index >= 15 is 0 Å². The van der Waals surface area contributed by atoms with Gasteiger partial charge in [0.05, 0.1) is 18.1 Å². The third-order valence-corrected chi connectivity index (χ3v) is 2.14. The van der Waals surface area contributed by atoms with E-state index in [1.54, 1.807) is 0 Å². The summed E-state index contributed by atoms with van der Waals surface area (Å²) in [6, 6.07) is 5.33. The summed E-state index contributed by atoms with van der Waals surface area (Å²) in [6.07, 6.45) is 1.18. The second-order valence-electron chi connectivity index (χ2n) is 3.43. The molecule has 92 valence electrons. The molecule has 5 heteroatoms. The van der Waals surface area contributed by atoms with E-state index in [0.717, 1.165) is 0 Å². The van der Waals surface area contributed by atoms with Crippen molar-refractivity contribution in [3.8, 4) is 0 Å². The summed E-state index contributed by atoms with van der Waals surface area (Å²) in [5.74, 6) is -1.79. The zero-order valence-corrected chi connectivity index (χ0v) is 9.22. The Kier molecular flexibility index (Phi) is 5.16. The van der Waals surface area contributed by atoms with Gasteiger partial charge in [-0.1, -0.05) is 12.1 Å². The number of carboxylic acids is 1. The molecule has 0 spiro atoms. The molecule has 0 aliphatic rings. The fraction of sp³-hybridized carbons (Fsp3) is 0.333. The first-order valence-electron chi connectivity index (χ1n) is 5.24. The first-order chi connectivity index (χ1) is 8.15. The Labute approximate surface area is 98.6 Å². The van der Waals surface area contributed by atoms with Gasteiger partial charge in [-0.3, -0.25) is 0 Å². The predicted molar refractivity (Wildman–Crippen MR) is 57.4 cm³/mol. The van der Waals surface area contributed by atoms with Crippen LogP contribution in [0.2, 0.25) is 0 Å². The molecule has 0 aromatic heterocycles. The molecule has 0 saturated heterocycles. The number of hydrogen-bond acceptors (Lipinski definition) is 5. The van der Waals surface area contributed by atoms with Gasteiger partial charge in [0.15, 0.2) is 0 Å². The number of carbonyl (C=O) groups excluding carboxylic acids is 2. The lowest BCUT2D eigenvalue weighted by atomic mass is 10.1. The van der Waals surface area contributed by atoms with E-state index in [2.05, 4.69) is 0 Å². The van der Waals surface area contributed by atoms with Crippen molar-refractivity contribution in [1.82, 2.24) is 0 Å². The maximum absolute atomic E-state index is 11.4. The van der Waals surface area contributed by atoms with E-state index < -0.39 is 11.9 Å². The predicted octanol–water partition coefficient (Wildman–Crippen LogP) is -0.0206. The van der Waals surface area contributed by atoms with Crippen LogP contribution < -0.4 is 5.11 Å². The van der Waals surface area contributed by atoms with Crippen molar-refractivity contribution in [2.24, 2.45) is 0 Å². The summed E-state index contributed by atoms with van der Waals surface area (Å²) in [6.45, 7) is 0.305. The van der Waals surface area contributed by atoms with Crippen LogP contribution in [0.3, 0.4) is 0 Å². The van der Waals surface area contributed by atoms with Crippen LogP contribution in [0.15, 0.2) is 24.3 Å². The van der Waals surface area contributed by atoms with Crippen molar-refractivity contribution < 1.29 is 24.5 Å². The van der Waals surface area contributed by atoms with Crippen molar-refractivity contribution in [3.63, 3.8) is 0 Å². The number of rotatable bonds is 6. The van der Waals surface area contributed by atoms with E-state index in [4.69, 9.17) is 9.84 Å². The summed E-state index contributed by atoms with van der Waals surface area (Å²) in [5.41, 5.74) is 0.306. The number of unbranched alkanes of at least 4 members (excludes halogenated alkanes) is 1. The summed E-state index contributed by atoms with van der Waals surface area (Å²) in [4.78, 5) is 21.9. The molecule has 0 aliphatic heterocycles. The fourth-order valence-electron chi connectivity index (χ4n) is 1.20. The summed E-state index contributed by atoms with van der Waals surface area (Å²) in [7, 11) is 0. The third-order valence-electron chi connectivity index (χ3n) is 2.14. The fourth-order valence-corrected chi connectivity index (χ4v) is 1.20. The molecule has 5 nitrogen and oxygen atoms in total. The molecule has 0 bridgehead atoms. The smallest absolute Gasteiger partial charge is 0.338 e. The van der Waals surface area contributed by atoms with Gasteiger partial charge in [0.1, 0.15) is 0 Å². The topological polar surface area (TPSA) is 86.7 Å². The zero-order chi connectivity index (χ0) is 12.7. The van der Waals surface area contributed by atoms with Gasteiger partial charge >= 0.3 is 5.97 Å². The van der Waals surface area contributed by atoms with Crippen LogP contribution in [-0.2, 0) is 4.74 Å². The van der Waals surface area contributed by atoms with E-state index in [1.807, 2.05) is 0 Å². The van der Waals surface area contributed by atoms with Gasteiger partial charge in [-0.2, -0.15) is 0 Å². The highest BCUT2D eigenvalue weighted by Crippen LogP contribution is 2.05. The minimum absolute atomic E-state index is 0.0156. The number of aromatic carboxylic acids is 1. The number of esters is 1. The van der Waals surface area contributed by atoms with Crippen molar-refractivity contribution in [2.45, 2.75) is 12.8 Å². The second-order valence-corrected chi connectivity index (χ2v) is 3.43. The van der Waals surface area contributed by atoms with Crippen LogP contribution in [0, 0.1) is 0 Å². The molecule has 1 aromatic carbocycles. The lowest BCUT2D eigenvalue weighted by Gasteiger charge is -2.05. The molecule has 0 fully saturated rings. The quantitative estimate of drug-likeness (QED) is 0.555. The van der Waals surface area contributed by atoms with Gasteiger partial charge in [0, 0.05) is 6.61 Å². The number of aliphatic hydroxyl groups excluding tert-OH is 1. The molecule has 0 unspecified atom stereocenters. The van der Waals surface area contributed by atoms with Crippen LogP contribution in [0.4, 0.5) is 0 Å². The highest BCUT2D eigenvalue weighted by Gasteiger charge is 2.06. The Morgan fingerprint density at radius 2 is 1.71 bits per heavy atom. The van der Waals surface area contributed by atoms with Crippen molar-refractivity contribution in [1.29, 1.82) is 0 Å². The largest absolute Gasteiger partial charge is 0.545 e. The van der Waals surface area contributed by atoms with E-state index in [0.29, 0.717) is 18.4 Å². The Hall–Kier alpha value is -1.88. The number of carbonyl (C=O) groups is 2. The Balaban J connectivity index is 2.49. The molecule has 0 radical (unpaired) electrons. The number of benzene rings is 1. The standard InChI is InChI=1S/C12H14O5/c13-7-1-2-8-17-12(16)10-5-3-9(4-6-10)11(14)15/h3-6,13H,1-2,7-8H2,(H,14,15)/p-1. The molecule has 1 N–H and O–H groups in total. The van der Waals surface area contributed by atoms with Crippen molar-refractivity contribution in [3.05, 3.63) is 35.4 Å².